The molecule has 132 valence electrons. The monoisotopic (exact) mass is 341 g/mol. The Morgan fingerprint density at radius 3 is 2.76 bits per heavy atom. The molecule has 1 aromatic carbocycles. The molecule has 1 fully saturated rings. The molecule has 2 aromatic rings. The van der Waals surface area contributed by atoms with Crippen molar-refractivity contribution in [3.8, 4) is 0 Å². The molecule has 0 radical (unpaired) electrons. The first-order valence-electron chi connectivity index (χ1n) is 8.58. The number of anilines is 1. The lowest BCUT2D eigenvalue weighted by atomic mass is 10.1. The van der Waals surface area contributed by atoms with Crippen LogP contribution < -0.4 is 10.6 Å². The van der Waals surface area contributed by atoms with Gasteiger partial charge in [0.2, 0.25) is 5.91 Å². The van der Waals surface area contributed by atoms with E-state index in [9.17, 15) is 9.59 Å². The quantitative estimate of drug-likeness (QED) is 0.847. The number of urea groups is 1. The Morgan fingerprint density at radius 1 is 1.32 bits per heavy atom. The second-order valence-corrected chi connectivity index (χ2v) is 6.09. The minimum Gasteiger partial charge on any atom is -0.340 e. The van der Waals surface area contributed by atoms with E-state index in [1.54, 1.807) is 17.1 Å². The van der Waals surface area contributed by atoms with Gasteiger partial charge in [0, 0.05) is 32.3 Å². The largest absolute Gasteiger partial charge is 0.340 e. The summed E-state index contributed by atoms with van der Waals surface area (Å²) in [5.74, 6) is 0.146. The fourth-order valence-electron chi connectivity index (χ4n) is 2.96. The van der Waals surface area contributed by atoms with Crippen molar-refractivity contribution in [1.82, 2.24) is 20.0 Å². The van der Waals surface area contributed by atoms with Crippen LogP contribution in [0.2, 0.25) is 0 Å². The molecule has 7 heteroatoms. The Labute approximate surface area is 147 Å². The minimum absolute atomic E-state index is 0.146. The molecular formula is C18H23N5O2. The summed E-state index contributed by atoms with van der Waals surface area (Å²) in [5, 5.41) is 9.91. The summed E-state index contributed by atoms with van der Waals surface area (Å²) in [6.45, 7) is 3.95. The smallest absolute Gasteiger partial charge is 0.319 e. The molecule has 0 aliphatic carbocycles. The molecule has 3 amide bonds. The maximum atomic E-state index is 12.4. The average Bonchev–Trinajstić information content (AvgIpc) is 3.24. The molecule has 0 saturated carbocycles. The predicted molar refractivity (Wildman–Crippen MR) is 95.1 cm³/mol. The number of carbonyl (C=O) groups is 2. The lowest BCUT2D eigenvalue weighted by Crippen LogP contribution is -2.40. The maximum Gasteiger partial charge on any atom is 0.319 e. The highest BCUT2D eigenvalue weighted by atomic mass is 16.2. The summed E-state index contributed by atoms with van der Waals surface area (Å²) in [4.78, 5) is 26.1. The molecule has 2 N–H and O–H groups in total. The standard InChI is InChI=1S/C18H23N5O2/c1-2-23-12-15(11-19-23)20-18(25)21-16(14-7-4-3-5-8-14)13-22-10-6-9-17(22)24/h3-5,7-8,11-12,16H,2,6,9-10,13H2,1H3,(H2,20,21,25). The molecule has 1 aliphatic heterocycles. The van der Waals surface area contributed by atoms with Crippen molar-refractivity contribution in [3.63, 3.8) is 0 Å². The van der Waals surface area contributed by atoms with Gasteiger partial charge >= 0.3 is 6.03 Å². The van der Waals surface area contributed by atoms with Gasteiger partial charge in [-0.15, -0.1) is 0 Å². The zero-order valence-corrected chi connectivity index (χ0v) is 14.3. The maximum absolute atomic E-state index is 12.4. The van der Waals surface area contributed by atoms with Crippen molar-refractivity contribution in [3.05, 3.63) is 48.3 Å². The highest BCUT2D eigenvalue weighted by Crippen LogP contribution is 2.19. The van der Waals surface area contributed by atoms with Gasteiger partial charge in [-0.05, 0) is 18.9 Å². The second kappa shape index (κ2) is 7.83. The number of nitrogens with one attached hydrogen (secondary N) is 2. The summed E-state index contributed by atoms with van der Waals surface area (Å²) >= 11 is 0. The molecule has 0 spiro atoms. The van der Waals surface area contributed by atoms with E-state index in [1.807, 2.05) is 42.2 Å². The van der Waals surface area contributed by atoms with Gasteiger partial charge in [0.05, 0.1) is 17.9 Å². The number of likely N-dealkylation sites (tertiary alicyclic amines) is 1. The SMILES string of the molecule is CCn1cc(NC(=O)NC(CN2CCCC2=O)c2ccccc2)cn1. The van der Waals surface area contributed by atoms with Crippen LogP contribution in [0, 0.1) is 0 Å². The number of hydrogen-bond acceptors (Lipinski definition) is 3. The van der Waals surface area contributed by atoms with Crippen LogP contribution in [0.1, 0.15) is 31.4 Å². The molecule has 1 unspecified atom stereocenters. The number of nitrogens with zero attached hydrogens (tertiary/aromatic N) is 3. The lowest BCUT2D eigenvalue weighted by Gasteiger charge is -2.25. The van der Waals surface area contributed by atoms with Crippen LogP contribution in [0.3, 0.4) is 0 Å². The van der Waals surface area contributed by atoms with E-state index < -0.39 is 0 Å². The van der Waals surface area contributed by atoms with Crippen LogP contribution in [0.25, 0.3) is 0 Å². The Hall–Kier alpha value is -2.83. The third kappa shape index (κ3) is 4.37. The number of rotatable bonds is 6. The summed E-state index contributed by atoms with van der Waals surface area (Å²) in [7, 11) is 0. The van der Waals surface area contributed by atoms with Crippen molar-refractivity contribution in [2.75, 3.05) is 18.4 Å². The van der Waals surface area contributed by atoms with Crippen LogP contribution in [-0.4, -0.2) is 39.7 Å². The fraction of sp³-hybridized carbons (Fsp3) is 0.389. The zero-order chi connectivity index (χ0) is 17.6. The van der Waals surface area contributed by atoms with Crippen molar-refractivity contribution in [2.24, 2.45) is 0 Å². The van der Waals surface area contributed by atoms with Crippen LogP contribution in [0.15, 0.2) is 42.7 Å². The van der Waals surface area contributed by atoms with Crippen LogP contribution in [-0.2, 0) is 11.3 Å². The zero-order valence-electron chi connectivity index (χ0n) is 14.3. The normalized spacial score (nSPS) is 15.2. The van der Waals surface area contributed by atoms with Gasteiger partial charge in [0.1, 0.15) is 0 Å². The van der Waals surface area contributed by atoms with E-state index in [0.29, 0.717) is 18.7 Å². The third-order valence-electron chi connectivity index (χ3n) is 4.30. The number of benzene rings is 1. The predicted octanol–water partition coefficient (Wildman–Crippen LogP) is 2.39. The summed E-state index contributed by atoms with van der Waals surface area (Å²) in [6, 6.07) is 9.14. The van der Waals surface area contributed by atoms with Gasteiger partial charge in [-0.2, -0.15) is 5.10 Å². The van der Waals surface area contributed by atoms with Crippen LogP contribution in [0.5, 0.6) is 0 Å². The number of amides is 3. The first kappa shape index (κ1) is 17.0. The van der Waals surface area contributed by atoms with Crippen LogP contribution >= 0.6 is 0 Å². The van der Waals surface area contributed by atoms with Gasteiger partial charge < -0.3 is 15.5 Å². The number of hydrogen-bond donors (Lipinski definition) is 2. The van der Waals surface area contributed by atoms with E-state index in [-0.39, 0.29) is 18.0 Å². The van der Waals surface area contributed by atoms with Crippen molar-refractivity contribution < 1.29 is 9.59 Å². The molecule has 1 atom stereocenters. The molecule has 7 nitrogen and oxygen atoms in total. The molecule has 1 aromatic heterocycles. The number of aromatic nitrogens is 2. The third-order valence-corrected chi connectivity index (χ3v) is 4.30. The number of aryl methyl sites for hydroxylation is 1. The second-order valence-electron chi connectivity index (χ2n) is 6.09. The molecule has 3 rings (SSSR count). The lowest BCUT2D eigenvalue weighted by molar-refractivity contribution is -0.128. The molecule has 1 aliphatic rings. The molecule has 1 saturated heterocycles. The Balaban J connectivity index is 1.68. The van der Waals surface area contributed by atoms with Crippen molar-refractivity contribution >= 4 is 17.6 Å². The topological polar surface area (TPSA) is 79.3 Å². The van der Waals surface area contributed by atoms with Crippen molar-refractivity contribution in [1.29, 1.82) is 0 Å². The van der Waals surface area contributed by atoms with Gasteiger partial charge in [-0.3, -0.25) is 9.48 Å². The average molecular weight is 341 g/mol. The summed E-state index contributed by atoms with van der Waals surface area (Å²) in [6.07, 6.45) is 4.86. The summed E-state index contributed by atoms with van der Waals surface area (Å²) < 4.78 is 1.74. The molecule has 2 heterocycles. The molecular weight excluding hydrogens is 318 g/mol. The number of carbonyl (C=O) groups excluding carboxylic acids is 2. The first-order valence-corrected chi connectivity index (χ1v) is 8.58. The minimum atomic E-state index is -0.309. The highest BCUT2D eigenvalue weighted by molar-refractivity contribution is 5.89. The van der Waals surface area contributed by atoms with E-state index in [4.69, 9.17) is 0 Å². The fourth-order valence-corrected chi connectivity index (χ4v) is 2.96. The van der Waals surface area contributed by atoms with Gasteiger partial charge in [-0.25, -0.2) is 4.79 Å². The van der Waals surface area contributed by atoms with E-state index in [0.717, 1.165) is 25.1 Å². The van der Waals surface area contributed by atoms with E-state index in [2.05, 4.69) is 15.7 Å². The van der Waals surface area contributed by atoms with E-state index in [1.165, 1.54) is 0 Å². The van der Waals surface area contributed by atoms with Crippen LogP contribution in [0.4, 0.5) is 10.5 Å². The van der Waals surface area contributed by atoms with Gasteiger partial charge in [0.25, 0.3) is 0 Å². The first-order chi connectivity index (χ1) is 12.2. The van der Waals surface area contributed by atoms with Gasteiger partial charge in [-0.1, -0.05) is 30.3 Å². The summed E-state index contributed by atoms with van der Waals surface area (Å²) in [5.41, 5.74) is 1.62. The Morgan fingerprint density at radius 2 is 2.12 bits per heavy atom. The van der Waals surface area contributed by atoms with Gasteiger partial charge in [0.15, 0.2) is 0 Å². The Kier molecular flexibility index (Phi) is 5.33. The van der Waals surface area contributed by atoms with Crippen molar-refractivity contribution in [2.45, 2.75) is 32.4 Å². The highest BCUT2D eigenvalue weighted by Gasteiger charge is 2.25. The molecule has 0 bridgehead atoms. The van der Waals surface area contributed by atoms with E-state index >= 15 is 0 Å². The molecule has 25 heavy (non-hydrogen) atoms. The Bertz CT molecular complexity index is 728.